The van der Waals surface area contributed by atoms with E-state index in [1.54, 1.807) is 6.08 Å². The summed E-state index contributed by atoms with van der Waals surface area (Å²) in [6.07, 6.45) is 15.5. The second kappa shape index (κ2) is 11.5. The van der Waals surface area contributed by atoms with Crippen molar-refractivity contribution in [3.63, 3.8) is 0 Å². The van der Waals surface area contributed by atoms with Crippen LogP contribution in [-0.2, 0) is 16.1 Å². The molecule has 0 aromatic heterocycles. The molecule has 2 fully saturated rings. The van der Waals surface area contributed by atoms with Gasteiger partial charge in [0.25, 0.3) is 0 Å². The van der Waals surface area contributed by atoms with Gasteiger partial charge in [-0.2, -0.15) is 0 Å². The van der Waals surface area contributed by atoms with Crippen LogP contribution < -0.4 is 0 Å². The molecule has 3 nitrogen and oxygen atoms in total. The number of halogens is 1. The molecule has 3 rings (SSSR count). The monoisotopic (exact) mass is 415 g/mol. The molecule has 0 saturated heterocycles. The number of allylic oxidation sites excluding steroid dienone is 1. The van der Waals surface area contributed by atoms with Crippen LogP contribution in [0.3, 0.4) is 0 Å². The molecule has 2 aliphatic rings. The van der Waals surface area contributed by atoms with Crippen LogP contribution in [0, 0.1) is 11.8 Å². The molecular formula is C25H34ClNO2. The fourth-order valence-corrected chi connectivity index (χ4v) is 4.74. The summed E-state index contributed by atoms with van der Waals surface area (Å²) in [6, 6.07) is 7.79. The zero-order valence-electron chi connectivity index (χ0n) is 17.5. The van der Waals surface area contributed by atoms with Gasteiger partial charge in [-0.1, -0.05) is 62.3 Å². The zero-order valence-corrected chi connectivity index (χ0v) is 18.2. The van der Waals surface area contributed by atoms with Crippen LogP contribution in [0.25, 0.3) is 0 Å². The lowest BCUT2D eigenvalue weighted by Crippen LogP contribution is -2.25. The number of carbonyl (C=O) groups is 2. The van der Waals surface area contributed by atoms with E-state index in [1.807, 2.05) is 30.5 Å². The average molecular weight is 416 g/mol. The third-order valence-electron chi connectivity index (χ3n) is 6.46. The van der Waals surface area contributed by atoms with Gasteiger partial charge in [0.1, 0.15) is 5.78 Å². The van der Waals surface area contributed by atoms with Crippen molar-refractivity contribution in [3.05, 3.63) is 47.1 Å². The molecule has 0 radical (unpaired) electrons. The van der Waals surface area contributed by atoms with Crippen molar-refractivity contribution in [2.75, 3.05) is 6.54 Å². The third-order valence-corrected chi connectivity index (χ3v) is 6.71. The van der Waals surface area contributed by atoms with Crippen molar-refractivity contribution in [2.24, 2.45) is 11.8 Å². The largest absolute Gasteiger partial charge is 0.373 e. The standard InChI is InChI=1S/C25H34ClNO2/c26-23-13-11-20(12-14-23)19-27(17-15-24(28)21-7-3-1-4-8-21)18-16-25(29)22-9-5-2-6-10-22/h11-15,17,21-22H,1-10,16,18-19H2/b17-15+. The first-order chi connectivity index (χ1) is 14.1. The number of benzene rings is 1. The van der Waals surface area contributed by atoms with Gasteiger partial charge in [-0.25, -0.2) is 0 Å². The Balaban J connectivity index is 1.60. The first-order valence-corrected chi connectivity index (χ1v) is 11.7. The number of rotatable bonds is 9. The predicted octanol–water partition coefficient (Wildman–Crippen LogP) is 6.34. The SMILES string of the molecule is O=C(/C=C/N(CCC(=O)C1CCCCC1)Cc1ccc(Cl)cc1)C1CCCCC1. The van der Waals surface area contributed by atoms with E-state index in [2.05, 4.69) is 4.90 Å². The molecule has 0 spiro atoms. The van der Waals surface area contributed by atoms with Gasteiger partial charge >= 0.3 is 0 Å². The third kappa shape index (κ3) is 7.29. The van der Waals surface area contributed by atoms with E-state index in [-0.39, 0.29) is 17.6 Å². The van der Waals surface area contributed by atoms with Gasteiger partial charge in [-0.15, -0.1) is 0 Å². The van der Waals surface area contributed by atoms with Crippen molar-refractivity contribution in [2.45, 2.75) is 77.2 Å². The van der Waals surface area contributed by atoms with Crippen LogP contribution in [0.4, 0.5) is 0 Å². The van der Waals surface area contributed by atoms with E-state index >= 15 is 0 Å². The lowest BCUT2D eigenvalue weighted by molar-refractivity contribution is -0.124. The number of nitrogens with zero attached hydrogens (tertiary/aromatic N) is 1. The predicted molar refractivity (Wildman–Crippen MR) is 119 cm³/mol. The van der Waals surface area contributed by atoms with Crippen molar-refractivity contribution in [1.29, 1.82) is 0 Å². The molecule has 0 heterocycles. The molecule has 0 bridgehead atoms. The molecule has 0 amide bonds. The second-order valence-corrected chi connectivity index (χ2v) is 9.14. The van der Waals surface area contributed by atoms with E-state index in [4.69, 9.17) is 11.6 Å². The molecule has 1 aromatic carbocycles. The minimum Gasteiger partial charge on any atom is -0.373 e. The fraction of sp³-hybridized carbons (Fsp3) is 0.600. The molecular weight excluding hydrogens is 382 g/mol. The van der Waals surface area contributed by atoms with E-state index < -0.39 is 0 Å². The highest BCUT2D eigenvalue weighted by Gasteiger charge is 2.22. The lowest BCUT2D eigenvalue weighted by Gasteiger charge is -2.24. The Bertz CT molecular complexity index is 685. The molecule has 0 unspecified atom stereocenters. The van der Waals surface area contributed by atoms with Crippen molar-refractivity contribution >= 4 is 23.2 Å². The van der Waals surface area contributed by atoms with Crippen LogP contribution in [0.2, 0.25) is 5.02 Å². The molecule has 0 atom stereocenters. The number of hydrogen-bond acceptors (Lipinski definition) is 3. The first-order valence-electron chi connectivity index (χ1n) is 11.3. The maximum Gasteiger partial charge on any atom is 0.160 e. The zero-order chi connectivity index (χ0) is 20.5. The average Bonchev–Trinajstić information content (AvgIpc) is 2.77. The van der Waals surface area contributed by atoms with Gasteiger partial charge in [0.15, 0.2) is 5.78 Å². The summed E-state index contributed by atoms with van der Waals surface area (Å²) in [4.78, 5) is 27.4. The molecule has 2 aliphatic carbocycles. The van der Waals surface area contributed by atoms with Gasteiger partial charge < -0.3 is 4.90 Å². The van der Waals surface area contributed by atoms with Crippen LogP contribution in [0.15, 0.2) is 36.5 Å². The van der Waals surface area contributed by atoms with Gasteiger partial charge in [0.2, 0.25) is 0 Å². The van der Waals surface area contributed by atoms with Gasteiger partial charge in [0.05, 0.1) is 0 Å². The topological polar surface area (TPSA) is 37.4 Å². The van der Waals surface area contributed by atoms with Crippen LogP contribution in [0.1, 0.15) is 76.2 Å². The highest BCUT2D eigenvalue weighted by atomic mass is 35.5. The van der Waals surface area contributed by atoms with Crippen molar-refractivity contribution in [3.8, 4) is 0 Å². The highest BCUT2D eigenvalue weighted by Crippen LogP contribution is 2.26. The fourth-order valence-electron chi connectivity index (χ4n) is 4.62. The summed E-state index contributed by atoms with van der Waals surface area (Å²) in [5.41, 5.74) is 1.13. The molecule has 0 N–H and O–H groups in total. The Morgan fingerprint density at radius 3 is 2.10 bits per heavy atom. The number of carbonyl (C=O) groups excluding carboxylic acids is 2. The maximum absolute atomic E-state index is 12.6. The Morgan fingerprint density at radius 1 is 0.897 bits per heavy atom. The molecule has 4 heteroatoms. The Hall–Kier alpha value is -1.61. The van der Waals surface area contributed by atoms with E-state index in [0.29, 0.717) is 25.3 Å². The summed E-state index contributed by atoms with van der Waals surface area (Å²) in [5, 5.41) is 0.718. The van der Waals surface area contributed by atoms with Crippen molar-refractivity contribution < 1.29 is 9.59 Å². The number of Topliss-reactive ketones (excluding diaryl/α,β-unsaturated/α-hetero) is 1. The molecule has 29 heavy (non-hydrogen) atoms. The molecule has 2 saturated carbocycles. The van der Waals surface area contributed by atoms with E-state index in [0.717, 1.165) is 49.1 Å². The summed E-state index contributed by atoms with van der Waals surface area (Å²) < 4.78 is 0. The second-order valence-electron chi connectivity index (χ2n) is 8.70. The summed E-state index contributed by atoms with van der Waals surface area (Å²) in [7, 11) is 0. The summed E-state index contributed by atoms with van der Waals surface area (Å²) in [5.74, 6) is 1.05. The molecule has 158 valence electrons. The Kier molecular flexibility index (Phi) is 8.79. The Labute approximate surface area is 180 Å². The molecule has 0 aliphatic heterocycles. The van der Waals surface area contributed by atoms with Gasteiger partial charge in [-0.05, 0) is 49.5 Å². The van der Waals surface area contributed by atoms with E-state index in [9.17, 15) is 9.59 Å². The minimum absolute atomic E-state index is 0.182. The molecule has 1 aromatic rings. The minimum atomic E-state index is 0.182. The van der Waals surface area contributed by atoms with Crippen LogP contribution in [0.5, 0.6) is 0 Å². The van der Waals surface area contributed by atoms with Gasteiger partial charge in [0, 0.05) is 42.6 Å². The smallest absolute Gasteiger partial charge is 0.160 e. The van der Waals surface area contributed by atoms with E-state index in [1.165, 1.54) is 25.7 Å². The Morgan fingerprint density at radius 2 is 1.48 bits per heavy atom. The van der Waals surface area contributed by atoms with Crippen LogP contribution >= 0.6 is 11.6 Å². The number of ketones is 2. The maximum atomic E-state index is 12.6. The lowest BCUT2D eigenvalue weighted by atomic mass is 9.85. The van der Waals surface area contributed by atoms with Gasteiger partial charge in [-0.3, -0.25) is 9.59 Å². The highest BCUT2D eigenvalue weighted by molar-refractivity contribution is 6.30. The normalized spacial score (nSPS) is 18.8. The van der Waals surface area contributed by atoms with Crippen LogP contribution in [-0.4, -0.2) is 23.0 Å². The summed E-state index contributed by atoms with van der Waals surface area (Å²) >= 11 is 6.01. The quantitative estimate of drug-likeness (QED) is 0.441. The summed E-state index contributed by atoms with van der Waals surface area (Å²) in [6.45, 7) is 1.34. The van der Waals surface area contributed by atoms with Crippen molar-refractivity contribution in [1.82, 2.24) is 4.90 Å². The number of hydrogen-bond donors (Lipinski definition) is 0. The first kappa shape index (κ1) is 22.1.